The second kappa shape index (κ2) is 7.68. The third-order valence-corrected chi connectivity index (χ3v) is 4.79. The summed E-state index contributed by atoms with van der Waals surface area (Å²) in [6.07, 6.45) is 0. The Labute approximate surface area is 158 Å². The van der Waals surface area contributed by atoms with E-state index in [1.54, 1.807) is 0 Å². The molecule has 138 valence electrons. The largest absolute Gasteiger partial charge is 0.454 e. The first kappa shape index (κ1) is 17.4. The highest BCUT2D eigenvalue weighted by Crippen LogP contribution is 2.32. The molecule has 27 heavy (non-hydrogen) atoms. The number of carbonyl (C=O) groups excluding carboxylic acids is 1. The Hall–Kier alpha value is -3.05. The zero-order chi connectivity index (χ0) is 18.6. The quantitative estimate of drug-likeness (QED) is 0.704. The molecule has 1 aliphatic heterocycles. The summed E-state index contributed by atoms with van der Waals surface area (Å²) in [6.45, 7) is 3.04. The van der Waals surface area contributed by atoms with Gasteiger partial charge in [-0.3, -0.25) is 4.79 Å². The maximum absolute atomic E-state index is 12.2. The molecular weight excluding hydrogens is 340 g/mol. The highest BCUT2D eigenvalue weighted by Gasteiger charge is 2.14. The van der Waals surface area contributed by atoms with Crippen LogP contribution >= 0.6 is 0 Å². The second-order valence-electron chi connectivity index (χ2n) is 6.64. The summed E-state index contributed by atoms with van der Waals surface area (Å²) in [6, 6.07) is 20.3. The molecule has 0 spiro atoms. The summed E-state index contributed by atoms with van der Waals surface area (Å²) in [5.41, 5.74) is 2.17. The average molecular weight is 362 g/mol. The summed E-state index contributed by atoms with van der Waals surface area (Å²) >= 11 is 0. The minimum atomic E-state index is -0.0419. The number of benzene rings is 3. The highest BCUT2D eigenvalue weighted by atomic mass is 16.7. The molecule has 4 rings (SSSR count). The van der Waals surface area contributed by atoms with Crippen molar-refractivity contribution in [1.29, 1.82) is 0 Å². The maximum Gasteiger partial charge on any atom is 0.234 e. The predicted molar refractivity (Wildman–Crippen MR) is 105 cm³/mol. The Kier molecular flexibility index (Phi) is 4.94. The maximum atomic E-state index is 12.2. The highest BCUT2D eigenvalue weighted by molar-refractivity contribution is 5.86. The topological polar surface area (TPSA) is 59.6 Å². The molecule has 0 bridgehead atoms. The van der Waals surface area contributed by atoms with Crippen molar-refractivity contribution in [2.45, 2.75) is 19.5 Å². The molecule has 3 aromatic carbocycles. The van der Waals surface area contributed by atoms with Crippen LogP contribution < -0.4 is 20.1 Å². The first-order valence-corrected chi connectivity index (χ1v) is 9.07. The van der Waals surface area contributed by atoms with Gasteiger partial charge < -0.3 is 20.1 Å². The van der Waals surface area contributed by atoms with Gasteiger partial charge in [0.2, 0.25) is 12.7 Å². The molecule has 1 amide bonds. The Bertz CT molecular complexity index is 965. The van der Waals surface area contributed by atoms with Crippen molar-refractivity contribution < 1.29 is 14.3 Å². The van der Waals surface area contributed by atoms with Gasteiger partial charge in [-0.15, -0.1) is 0 Å². The minimum absolute atomic E-state index is 0.0419. The zero-order valence-electron chi connectivity index (χ0n) is 15.2. The lowest BCUT2D eigenvalue weighted by Crippen LogP contribution is -2.34. The van der Waals surface area contributed by atoms with Crippen LogP contribution in [0.3, 0.4) is 0 Å². The number of amides is 1. The van der Waals surface area contributed by atoms with E-state index in [0.717, 1.165) is 17.1 Å². The molecule has 5 heteroatoms. The van der Waals surface area contributed by atoms with E-state index in [1.165, 1.54) is 16.3 Å². The van der Waals surface area contributed by atoms with Gasteiger partial charge in [-0.1, -0.05) is 48.5 Å². The molecule has 0 unspecified atom stereocenters. The van der Waals surface area contributed by atoms with Gasteiger partial charge >= 0.3 is 0 Å². The minimum Gasteiger partial charge on any atom is -0.454 e. The van der Waals surface area contributed by atoms with Gasteiger partial charge in [-0.2, -0.15) is 0 Å². The average Bonchev–Trinajstić information content (AvgIpc) is 3.18. The molecule has 1 aliphatic rings. The molecule has 0 saturated heterocycles. The van der Waals surface area contributed by atoms with Crippen molar-refractivity contribution in [2.75, 3.05) is 13.3 Å². The van der Waals surface area contributed by atoms with Crippen LogP contribution in [0.5, 0.6) is 11.5 Å². The molecule has 5 nitrogen and oxygen atoms in total. The number of carbonyl (C=O) groups is 1. The van der Waals surface area contributed by atoms with Crippen LogP contribution in [0.25, 0.3) is 10.8 Å². The number of ether oxygens (including phenoxy) is 2. The summed E-state index contributed by atoms with van der Waals surface area (Å²) in [5, 5.41) is 8.66. The predicted octanol–water partition coefficient (Wildman–Crippen LogP) is 3.54. The van der Waals surface area contributed by atoms with Crippen molar-refractivity contribution in [3.63, 3.8) is 0 Å². The van der Waals surface area contributed by atoms with Crippen LogP contribution in [0.4, 0.5) is 0 Å². The van der Waals surface area contributed by atoms with Crippen LogP contribution in [0.1, 0.15) is 24.1 Å². The van der Waals surface area contributed by atoms with E-state index in [1.807, 2.05) is 30.3 Å². The molecule has 0 aliphatic carbocycles. The fourth-order valence-electron chi connectivity index (χ4n) is 3.30. The van der Waals surface area contributed by atoms with Gasteiger partial charge in [0.25, 0.3) is 0 Å². The Morgan fingerprint density at radius 2 is 1.85 bits per heavy atom. The van der Waals surface area contributed by atoms with E-state index in [2.05, 4.69) is 47.9 Å². The van der Waals surface area contributed by atoms with Crippen molar-refractivity contribution in [3.8, 4) is 11.5 Å². The Morgan fingerprint density at radius 1 is 1.04 bits per heavy atom. The molecule has 1 heterocycles. The molecule has 0 aromatic heterocycles. The van der Waals surface area contributed by atoms with Crippen LogP contribution in [-0.2, 0) is 11.3 Å². The van der Waals surface area contributed by atoms with Crippen molar-refractivity contribution in [2.24, 2.45) is 0 Å². The van der Waals surface area contributed by atoms with Gasteiger partial charge in [0.05, 0.1) is 6.54 Å². The van der Waals surface area contributed by atoms with Crippen LogP contribution in [0, 0.1) is 0 Å². The molecule has 0 saturated carbocycles. The third-order valence-electron chi connectivity index (χ3n) is 4.79. The van der Waals surface area contributed by atoms with Crippen molar-refractivity contribution in [1.82, 2.24) is 10.6 Å². The molecule has 2 N–H and O–H groups in total. The molecule has 0 fully saturated rings. The molecule has 0 radical (unpaired) electrons. The molecular formula is C22H22N2O3. The van der Waals surface area contributed by atoms with E-state index in [9.17, 15) is 4.79 Å². The standard InChI is InChI=1S/C22H22N2O3/c1-15(18-8-4-6-17-5-2-3-7-19(17)18)23-13-22(25)24-12-16-9-10-20-21(11-16)27-14-26-20/h2-11,15,23H,12-14H2,1H3,(H,24,25)/t15-/m0/s1. The van der Waals surface area contributed by atoms with Crippen molar-refractivity contribution >= 4 is 16.7 Å². The van der Waals surface area contributed by atoms with Gasteiger partial charge in [0.1, 0.15) is 0 Å². The van der Waals surface area contributed by atoms with Gasteiger partial charge in [0, 0.05) is 12.6 Å². The van der Waals surface area contributed by atoms with E-state index in [4.69, 9.17) is 9.47 Å². The fourth-order valence-corrected chi connectivity index (χ4v) is 3.30. The normalized spacial score (nSPS) is 13.5. The SMILES string of the molecule is C[C@H](NCC(=O)NCc1ccc2c(c1)OCO2)c1cccc2ccccc12. The lowest BCUT2D eigenvalue weighted by atomic mass is 10.00. The third kappa shape index (κ3) is 3.88. The first-order chi connectivity index (χ1) is 13.2. The number of fused-ring (bicyclic) bond motifs is 2. The summed E-state index contributed by atoms with van der Waals surface area (Å²) in [5.74, 6) is 1.43. The lowest BCUT2D eigenvalue weighted by molar-refractivity contribution is -0.120. The van der Waals surface area contributed by atoms with E-state index < -0.39 is 0 Å². The first-order valence-electron chi connectivity index (χ1n) is 9.07. The van der Waals surface area contributed by atoms with Crippen LogP contribution in [0.2, 0.25) is 0 Å². The Morgan fingerprint density at radius 3 is 2.78 bits per heavy atom. The second-order valence-corrected chi connectivity index (χ2v) is 6.64. The summed E-state index contributed by atoms with van der Waals surface area (Å²) in [7, 11) is 0. The van der Waals surface area contributed by atoms with E-state index in [-0.39, 0.29) is 25.3 Å². The van der Waals surface area contributed by atoms with Gasteiger partial charge in [-0.25, -0.2) is 0 Å². The van der Waals surface area contributed by atoms with E-state index >= 15 is 0 Å². The van der Waals surface area contributed by atoms with E-state index in [0.29, 0.717) is 6.54 Å². The summed E-state index contributed by atoms with van der Waals surface area (Å²) < 4.78 is 10.7. The summed E-state index contributed by atoms with van der Waals surface area (Å²) in [4.78, 5) is 12.2. The number of rotatable bonds is 6. The van der Waals surface area contributed by atoms with Gasteiger partial charge in [-0.05, 0) is 41.0 Å². The zero-order valence-corrected chi connectivity index (χ0v) is 15.2. The number of hydrogen-bond acceptors (Lipinski definition) is 4. The number of nitrogens with one attached hydrogen (secondary N) is 2. The fraction of sp³-hybridized carbons (Fsp3) is 0.227. The van der Waals surface area contributed by atoms with Crippen LogP contribution in [-0.4, -0.2) is 19.2 Å². The molecule has 3 aromatic rings. The smallest absolute Gasteiger partial charge is 0.234 e. The lowest BCUT2D eigenvalue weighted by Gasteiger charge is -2.16. The molecule has 1 atom stereocenters. The monoisotopic (exact) mass is 362 g/mol. The number of hydrogen-bond donors (Lipinski definition) is 2. The van der Waals surface area contributed by atoms with Gasteiger partial charge in [0.15, 0.2) is 11.5 Å². The van der Waals surface area contributed by atoms with Crippen molar-refractivity contribution in [3.05, 3.63) is 71.8 Å². The Balaban J connectivity index is 1.32. The van der Waals surface area contributed by atoms with Crippen LogP contribution in [0.15, 0.2) is 60.7 Å².